The molecule has 33 heavy (non-hydrogen) atoms. The fourth-order valence-electron chi connectivity index (χ4n) is 4.65. The zero-order chi connectivity index (χ0) is 24.0. The van der Waals surface area contributed by atoms with E-state index in [1.807, 2.05) is 0 Å². The molecule has 0 saturated carbocycles. The molecule has 2 aliphatic rings. The van der Waals surface area contributed by atoms with Crippen LogP contribution in [0.4, 0.5) is 10.2 Å². The second-order valence-corrected chi connectivity index (χ2v) is 11.7. The number of halogens is 2. The van der Waals surface area contributed by atoms with E-state index in [2.05, 4.69) is 15.2 Å². The first-order chi connectivity index (χ1) is 15.4. The van der Waals surface area contributed by atoms with Crippen LogP contribution < -0.4 is 15.0 Å². The lowest BCUT2D eigenvalue weighted by Crippen LogP contribution is -2.55. The average Bonchev–Trinajstić information content (AvgIpc) is 3.00. The summed E-state index contributed by atoms with van der Waals surface area (Å²) < 4.78 is 42.6. The van der Waals surface area contributed by atoms with E-state index < -0.39 is 21.3 Å². The summed E-state index contributed by atoms with van der Waals surface area (Å²) in [7, 11) is -3.29. The number of sulfone groups is 1. The number of hydrogen-bond acceptors (Lipinski definition) is 6. The number of hydrogen-bond donors (Lipinski definition) is 1. The molecule has 1 aromatic carbocycles. The second kappa shape index (κ2) is 8.76. The fourth-order valence-corrected chi connectivity index (χ4v) is 5.38. The van der Waals surface area contributed by atoms with Crippen molar-refractivity contribution in [3.8, 4) is 5.75 Å². The van der Waals surface area contributed by atoms with Crippen LogP contribution in [0.2, 0.25) is 5.02 Å². The van der Waals surface area contributed by atoms with Gasteiger partial charge in [-0.05, 0) is 63.8 Å². The molecule has 1 aromatic heterocycles. The van der Waals surface area contributed by atoms with Crippen molar-refractivity contribution in [3.63, 3.8) is 0 Å². The maximum Gasteiger partial charge on any atom is 0.263 e. The van der Waals surface area contributed by atoms with Crippen LogP contribution in [0.15, 0.2) is 41.4 Å². The van der Waals surface area contributed by atoms with Gasteiger partial charge in [0.25, 0.3) is 5.91 Å². The van der Waals surface area contributed by atoms with E-state index in [4.69, 9.17) is 16.3 Å². The molecule has 4 rings (SSSR count). The van der Waals surface area contributed by atoms with Crippen LogP contribution in [0.3, 0.4) is 0 Å². The molecule has 3 atom stereocenters. The van der Waals surface area contributed by atoms with Crippen LogP contribution in [0, 0.1) is 5.82 Å². The van der Waals surface area contributed by atoms with Gasteiger partial charge in [0.05, 0.1) is 9.92 Å². The summed E-state index contributed by atoms with van der Waals surface area (Å²) in [6.07, 6.45) is 6.06. The molecule has 1 amide bonds. The molecule has 3 heterocycles. The van der Waals surface area contributed by atoms with Crippen LogP contribution in [-0.2, 0) is 14.6 Å². The molecule has 7 nitrogen and oxygen atoms in total. The number of nitrogens with zero attached hydrogens (tertiary/aromatic N) is 2. The van der Waals surface area contributed by atoms with Crippen LogP contribution in [0.1, 0.15) is 39.5 Å². The van der Waals surface area contributed by atoms with Gasteiger partial charge in [-0.15, -0.1) is 0 Å². The van der Waals surface area contributed by atoms with Gasteiger partial charge in [-0.25, -0.2) is 17.8 Å². The third kappa shape index (κ3) is 5.09. The molecule has 0 aliphatic carbocycles. The van der Waals surface area contributed by atoms with E-state index in [0.29, 0.717) is 5.75 Å². The first kappa shape index (κ1) is 23.8. The summed E-state index contributed by atoms with van der Waals surface area (Å²) in [5, 5.41) is 3.05. The summed E-state index contributed by atoms with van der Waals surface area (Å²) in [5.74, 6) is 0.280. The lowest BCUT2D eigenvalue weighted by molar-refractivity contribution is -0.135. The Hall–Kier alpha value is -2.39. The van der Waals surface area contributed by atoms with Crippen molar-refractivity contribution in [1.29, 1.82) is 0 Å². The zero-order valence-electron chi connectivity index (χ0n) is 18.7. The standard InChI is InChI=1S/C23H27ClFN3O4S/c1-23(2,32-17-6-8-20(25)19(24)12-17)22(29)27-14-10-15-4-5-16(11-14)28(15)21-9-7-18(13-26-21)33(3,30)31/h6-9,12-16H,4-5,10-11H2,1-3H3,(H,27,29)/t14-,15+,16-. The molecule has 10 heteroatoms. The minimum absolute atomic E-state index is 0.0128. The van der Waals surface area contributed by atoms with Crippen LogP contribution in [0.5, 0.6) is 5.75 Å². The predicted molar refractivity (Wildman–Crippen MR) is 124 cm³/mol. The fraction of sp³-hybridized carbons (Fsp3) is 0.478. The Kier molecular flexibility index (Phi) is 6.30. The largest absolute Gasteiger partial charge is 0.478 e. The molecule has 0 spiro atoms. The van der Waals surface area contributed by atoms with Crippen molar-refractivity contribution in [2.45, 2.75) is 68.2 Å². The molecule has 2 saturated heterocycles. The molecule has 1 N–H and O–H groups in total. The van der Waals surface area contributed by atoms with Crippen molar-refractivity contribution < 1.29 is 22.3 Å². The molecular weight excluding hydrogens is 469 g/mol. The van der Waals surface area contributed by atoms with Gasteiger partial charge in [0, 0.05) is 36.6 Å². The summed E-state index contributed by atoms with van der Waals surface area (Å²) in [4.78, 5) is 19.8. The van der Waals surface area contributed by atoms with E-state index >= 15 is 0 Å². The van der Waals surface area contributed by atoms with E-state index in [1.165, 1.54) is 24.4 Å². The van der Waals surface area contributed by atoms with E-state index in [1.54, 1.807) is 26.0 Å². The lowest BCUT2D eigenvalue weighted by Gasteiger charge is -2.40. The third-order valence-electron chi connectivity index (χ3n) is 6.29. The maximum atomic E-state index is 13.4. The van der Waals surface area contributed by atoms with Gasteiger partial charge in [-0.2, -0.15) is 0 Å². The van der Waals surface area contributed by atoms with E-state index in [9.17, 15) is 17.6 Å². The SMILES string of the molecule is CC(C)(Oc1ccc(F)c(Cl)c1)C(=O)N[C@H]1C[C@H]2CC[C@@H](C1)N2c1ccc(S(C)(=O)=O)cn1. The normalized spacial score (nSPS) is 22.8. The monoisotopic (exact) mass is 495 g/mol. The quantitative estimate of drug-likeness (QED) is 0.656. The Labute approximate surface area is 198 Å². The van der Waals surface area contributed by atoms with Crippen molar-refractivity contribution >= 4 is 33.2 Å². The number of piperidine rings is 1. The molecule has 0 unspecified atom stereocenters. The molecular formula is C23H27ClFN3O4S. The number of anilines is 1. The Bertz CT molecular complexity index is 1140. The highest BCUT2D eigenvalue weighted by Gasteiger charge is 2.43. The first-order valence-corrected chi connectivity index (χ1v) is 13.1. The van der Waals surface area contributed by atoms with Crippen molar-refractivity contribution in [2.75, 3.05) is 11.2 Å². The van der Waals surface area contributed by atoms with E-state index in [-0.39, 0.29) is 34.0 Å². The molecule has 2 aromatic rings. The maximum absolute atomic E-state index is 13.4. The van der Waals surface area contributed by atoms with Crippen LogP contribution in [-0.4, -0.2) is 49.3 Å². The molecule has 178 valence electrons. The van der Waals surface area contributed by atoms with Gasteiger partial charge in [0.1, 0.15) is 17.4 Å². The smallest absolute Gasteiger partial charge is 0.263 e. The Morgan fingerprint density at radius 1 is 1.21 bits per heavy atom. The number of rotatable bonds is 6. The topological polar surface area (TPSA) is 88.6 Å². The minimum Gasteiger partial charge on any atom is -0.478 e. The number of benzene rings is 1. The molecule has 0 radical (unpaired) electrons. The highest BCUT2D eigenvalue weighted by atomic mass is 35.5. The van der Waals surface area contributed by atoms with Crippen molar-refractivity contribution in [2.24, 2.45) is 0 Å². The van der Waals surface area contributed by atoms with Gasteiger partial charge in [-0.1, -0.05) is 11.6 Å². The number of ether oxygens (including phenoxy) is 1. The summed E-state index contributed by atoms with van der Waals surface area (Å²) in [6.45, 7) is 3.33. The molecule has 2 aliphatic heterocycles. The van der Waals surface area contributed by atoms with E-state index in [0.717, 1.165) is 37.8 Å². The Morgan fingerprint density at radius 3 is 2.42 bits per heavy atom. The summed E-state index contributed by atoms with van der Waals surface area (Å²) in [5.41, 5.74) is -1.17. The van der Waals surface area contributed by atoms with Gasteiger partial charge in [0.15, 0.2) is 15.4 Å². The number of aromatic nitrogens is 1. The van der Waals surface area contributed by atoms with Gasteiger partial charge in [-0.3, -0.25) is 4.79 Å². The lowest BCUT2D eigenvalue weighted by atomic mass is 9.96. The zero-order valence-corrected chi connectivity index (χ0v) is 20.3. The third-order valence-corrected chi connectivity index (χ3v) is 7.68. The highest BCUT2D eigenvalue weighted by molar-refractivity contribution is 7.90. The average molecular weight is 496 g/mol. The minimum atomic E-state index is -3.29. The number of amides is 1. The summed E-state index contributed by atoms with van der Waals surface area (Å²) >= 11 is 5.82. The highest BCUT2D eigenvalue weighted by Crippen LogP contribution is 2.39. The Morgan fingerprint density at radius 2 is 1.88 bits per heavy atom. The van der Waals surface area contributed by atoms with Crippen LogP contribution in [0.25, 0.3) is 0 Å². The molecule has 2 fully saturated rings. The summed E-state index contributed by atoms with van der Waals surface area (Å²) in [6, 6.07) is 7.76. The number of carbonyl (C=O) groups excluding carboxylic acids is 1. The van der Waals surface area contributed by atoms with Crippen molar-refractivity contribution in [1.82, 2.24) is 10.3 Å². The predicted octanol–water partition coefficient (Wildman–Crippen LogP) is 3.75. The van der Waals surface area contributed by atoms with Gasteiger partial charge >= 0.3 is 0 Å². The second-order valence-electron chi connectivity index (χ2n) is 9.25. The number of pyridine rings is 1. The van der Waals surface area contributed by atoms with Crippen molar-refractivity contribution in [3.05, 3.63) is 47.4 Å². The number of fused-ring (bicyclic) bond motifs is 2. The Balaban J connectivity index is 1.40. The first-order valence-electron chi connectivity index (χ1n) is 10.8. The number of carbonyl (C=O) groups is 1. The van der Waals surface area contributed by atoms with Crippen LogP contribution >= 0.6 is 11.6 Å². The number of nitrogens with one attached hydrogen (secondary N) is 1. The van der Waals surface area contributed by atoms with Gasteiger partial charge < -0.3 is 15.0 Å². The van der Waals surface area contributed by atoms with Gasteiger partial charge in [0.2, 0.25) is 0 Å². The molecule has 2 bridgehead atoms.